The SMILES string of the molecule is Cc1ccc2nc(-c3ccc(OCCOCCOCCOc4ccc(-c5nc6ccc(C)cc6[nH]5)nc4)cn3)[nH]c2c1. The molecule has 0 aliphatic carbocycles. The molecule has 0 bridgehead atoms. The molecule has 0 saturated carbocycles. The number of hydrogen-bond donors (Lipinski definition) is 2. The van der Waals surface area contributed by atoms with Crippen LogP contribution >= 0.6 is 0 Å². The Kier molecular flexibility index (Phi) is 8.34. The van der Waals surface area contributed by atoms with E-state index in [0.29, 0.717) is 51.1 Å². The maximum absolute atomic E-state index is 5.73. The highest BCUT2D eigenvalue weighted by Crippen LogP contribution is 2.22. The number of pyridine rings is 2. The lowest BCUT2D eigenvalue weighted by atomic mass is 10.2. The summed E-state index contributed by atoms with van der Waals surface area (Å²) in [6.07, 6.45) is 3.39. The standard InChI is InChI=1S/C32H32N6O4/c1-21-3-7-25-29(17-21)37-31(35-25)27-9-5-23(19-33-27)41-15-13-39-11-12-40-14-16-42-24-6-10-28(34-20-24)32-36-26-8-4-22(2)18-30(26)38-32/h3-10,17-20H,11-16H2,1-2H3,(H,35,37)(H,36,38). The van der Waals surface area contributed by atoms with Crippen LogP contribution in [0.25, 0.3) is 45.1 Å². The van der Waals surface area contributed by atoms with E-state index in [-0.39, 0.29) is 0 Å². The zero-order chi connectivity index (χ0) is 28.7. The van der Waals surface area contributed by atoms with Gasteiger partial charge in [0.15, 0.2) is 11.6 Å². The lowest BCUT2D eigenvalue weighted by molar-refractivity contribution is 0.0273. The molecule has 4 heterocycles. The Morgan fingerprint density at radius 2 is 1.00 bits per heavy atom. The smallest absolute Gasteiger partial charge is 0.157 e. The third kappa shape index (κ3) is 6.73. The van der Waals surface area contributed by atoms with Crippen LogP contribution < -0.4 is 9.47 Å². The Morgan fingerprint density at radius 1 is 0.548 bits per heavy atom. The van der Waals surface area contributed by atoms with Gasteiger partial charge in [-0.25, -0.2) is 19.9 Å². The molecule has 2 aromatic carbocycles. The minimum Gasteiger partial charge on any atom is -0.490 e. The second kappa shape index (κ2) is 12.8. The first-order valence-corrected chi connectivity index (χ1v) is 13.9. The fourth-order valence-corrected chi connectivity index (χ4v) is 4.46. The van der Waals surface area contributed by atoms with E-state index >= 15 is 0 Å². The van der Waals surface area contributed by atoms with Crippen LogP contribution in [0.3, 0.4) is 0 Å². The van der Waals surface area contributed by atoms with E-state index in [9.17, 15) is 0 Å². The minimum absolute atomic E-state index is 0.421. The van der Waals surface area contributed by atoms with Crippen molar-refractivity contribution in [2.24, 2.45) is 0 Å². The van der Waals surface area contributed by atoms with Crippen LogP contribution in [0.1, 0.15) is 11.1 Å². The van der Waals surface area contributed by atoms with Crippen LogP contribution in [0.5, 0.6) is 11.5 Å². The Balaban J connectivity index is 0.834. The van der Waals surface area contributed by atoms with Crippen LogP contribution in [-0.4, -0.2) is 69.5 Å². The van der Waals surface area contributed by atoms with Crippen molar-refractivity contribution in [3.05, 3.63) is 84.2 Å². The molecule has 214 valence electrons. The molecule has 10 heteroatoms. The van der Waals surface area contributed by atoms with Crippen molar-refractivity contribution in [1.29, 1.82) is 0 Å². The summed E-state index contributed by atoms with van der Waals surface area (Å²) in [6, 6.07) is 19.8. The number of benzene rings is 2. The maximum atomic E-state index is 5.73. The number of rotatable bonds is 13. The van der Waals surface area contributed by atoms with Crippen molar-refractivity contribution in [3.63, 3.8) is 0 Å². The minimum atomic E-state index is 0.421. The number of nitrogens with one attached hydrogen (secondary N) is 2. The van der Waals surface area contributed by atoms with Gasteiger partial charge in [0.1, 0.15) is 36.1 Å². The molecule has 6 rings (SSSR count). The molecule has 2 N–H and O–H groups in total. The third-order valence-electron chi connectivity index (χ3n) is 6.60. The molecule has 10 nitrogen and oxygen atoms in total. The summed E-state index contributed by atoms with van der Waals surface area (Å²) in [7, 11) is 0. The molecule has 0 saturated heterocycles. The van der Waals surface area contributed by atoms with E-state index in [1.54, 1.807) is 12.4 Å². The fraction of sp³-hybridized carbons (Fsp3) is 0.250. The van der Waals surface area contributed by atoms with Crippen LogP contribution in [0.2, 0.25) is 0 Å². The summed E-state index contributed by atoms with van der Waals surface area (Å²) in [5.41, 5.74) is 7.73. The summed E-state index contributed by atoms with van der Waals surface area (Å²) >= 11 is 0. The molecule has 0 aliphatic rings. The first kappa shape index (κ1) is 27.4. The summed E-state index contributed by atoms with van der Waals surface area (Å²) in [5, 5.41) is 0. The van der Waals surface area contributed by atoms with E-state index in [1.807, 2.05) is 48.5 Å². The summed E-state index contributed by atoms with van der Waals surface area (Å²) in [5.74, 6) is 2.83. The topological polar surface area (TPSA) is 120 Å². The summed E-state index contributed by atoms with van der Waals surface area (Å²) in [4.78, 5) is 24.8. The Morgan fingerprint density at radius 3 is 1.43 bits per heavy atom. The van der Waals surface area contributed by atoms with Crippen LogP contribution in [-0.2, 0) is 9.47 Å². The summed E-state index contributed by atoms with van der Waals surface area (Å²) in [6.45, 7) is 6.80. The third-order valence-corrected chi connectivity index (χ3v) is 6.60. The van der Waals surface area contributed by atoms with E-state index < -0.39 is 0 Å². The van der Waals surface area contributed by atoms with Crippen molar-refractivity contribution >= 4 is 22.1 Å². The number of aryl methyl sites for hydroxylation is 2. The monoisotopic (exact) mass is 564 g/mol. The van der Waals surface area contributed by atoms with Gasteiger partial charge in [-0.15, -0.1) is 0 Å². The van der Waals surface area contributed by atoms with Crippen molar-refractivity contribution in [2.45, 2.75) is 13.8 Å². The molecule has 0 amide bonds. The van der Waals surface area contributed by atoms with Crippen molar-refractivity contribution in [1.82, 2.24) is 29.9 Å². The second-order valence-corrected chi connectivity index (χ2v) is 9.89. The van der Waals surface area contributed by atoms with E-state index in [0.717, 1.165) is 45.1 Å². The fourth-order valence-electron chi connectivity index (χ4n) is 4.46. The van der Waals surface area contributed by atoms with Gasteiger partial charge in [-0.3, -0.25) is 0 Å². The Bertz CT molecular complexity index is 1630. The molecular formula is C32H32N6O4. The molecule has 42 heavy (non-hydrogen) atoms. The van der Waals surface area contributed by atoms with Gasteiger partial charge in [0.05, 0.1) is 60.9 Å². The zero-order valence-corrected chi connectivity index (χ0v) is 23.6. The normalized spacial score (nSPS) is 11.4. The number of fused-ring (bicyclic) bond motifs is 2. The summed E-state index contributed by atoms with van der Waals surface area (Å²) < 4.78 is 22.7. The number of hydrogen-bond acceptors (Lipinski definition) is 8. The number of H-pyrrole nitrogens is 2. The first-order valence-electron chi connectivity index (χ1n) is 13.9. The van der Waals surface area contributed by atoms with Gasteiger partial charge in [0.2, 0.25) is 0 Å². The first-order chi connectivity index (χ1) is 20.6. The predicted octanol–water partition coefficient (Wildman–Crippen LogP) is 5.67. The number of nitrogens with zero attached hydrogens (tertiary/aromatic N) is 4. The van der Waals surface area contributed by atoms with Gasteiger partial charge in [0.25, 0.3) is 0 Å². The number of aromatic amines is 2. The van der Waals surface area contributed by atoms with Gasteiger partial charge < -0.3 is 28.9 Å². The van der Waals surface area contributed by atoms with Crippen LogP contribution in [0, 0.1) is 13.8 Å². The van der Waals surface area contributed by atoms with Crippen LogP contribution in [0.4, 0.5) is 0 Å². The molecular weight excluding hydrogens is 532 g/mol. The van der Waals surface area contributed by atoms with Crippen molar-refractivity contribution in [2.75, 3.05) is 39.6 Å². The molecule has 4 aromatic heterocycles. The van der Waals surface area contributed by atoms with E-state index in [4.69, 9.17) is 18.9 Å². The molecule has 6 aromatic rings. The molecule has 0 spiro atoms. The highest BCUT2D eigenvalue weighted by Gasteiger charge is 2.08. The van der Waals surface area contributed by atoms with Crippen molar-refractivity contribution in [3.8, 4) is 34.5 Å². The zero-order valence-electron chi connectivity index (χ0n) is 23.6. The number of ether oxygens (including phenoxy) is 4. The molecule has 0 aliphatic heterocycles. The van der Waals surface area contributed by atoms with Gasteiger partial charge in [-0.05, 0) is 73.5 Å². The molecule has 0 fully saturated rings. The lowest BCUT2D eigenvalue weighted by Gasteiger charge is -2.09. The quantitative estimate of drug-likeness (QED) is 0.172. The molecule has 0 radical (unpaired) electrons. The Labute approximate surface area is 243 Å². The predicted molar refractivity (Wildman–Crippen MR) is 161 cm³/mol. The second-order valence-electron chi connectivity index (χ2n) is 9.89. The molecule has 0 unspecified atom stereocenters. The average Bonchev–Trinajstić information content (AvgIpc) is 3.62. The Hall–Kier alpha value is -4.80. The van der Waals surface area contributed by atoms with Gasteiger partial charge in [0, 0.05) is 0 Å². The van der Waals surface area contributed by atoms with Crippen molar-refractivity contribution < 1.29 is 18.9 Å². The van der Waals surface area contributed by atoms with Gasteiger partial charge in [-0.2, -0.15) is 0 Å². The van der Waals surface area contributed by atoms with Gasteiger partial charge in [-0.1, -0.05) is 12.1 Å². The highest BCUT2D eigenvalue weighted by molar-refractivity contribution is 5.80. The number of imidazole rings is 2. The largest absolute Gasteiger partial charge is 0.490 e. The van der Waals surface area contributed by atoms with Crippen LogP contribution in [0.15, 0.2) is 73.1 Å². The van der Waals surface area contributed by atoms with Gasteiger partial charge >= 0.3 is 0 Å². The van der Waals surface area contributed by atoms with E-state index in [2.05, 4.69) is 55.9 Å². The number of aromatic nitrogens is 6. The molecule has 0 atom stereocenters. The maximum Gasteiger partial charge on any atom is 0.157 e. The lowest BCUT2D eigenvalue weighted by Crippen LogP contribution is -2.13. The van der Waals surface area contributed by atoms with E-state index in [1.165, 1.54) is 11.1 Å². The average molecular weight is 565 g/mol. The highest BCUT2D eigenvalue weighted by atomic mass is 16.6.